The van der Waals surface area contributed by atoms with Crippen molar-refractivity contribution in [2.45, 2.75) is 13.5 Å². The topological polar surface area (TPSA) is 73.6 Å². The fraction of sp³-hybridized carbons (Fsp3) is 0.235. The average molecular weight is 300 g/mol. The predicted molar refractivity (Wildman–Crippen MR) is 86.9 cm³/mol. The summed E-state index contributed by atoms with van der Waals surface area (Å²) in [5, 5.41) is 2.80. The summed E-state index contributed by atoms with van der Waals surface area (Å²) in [6, 6.07) is 12.9. The summed E-state index contributed by atoms with van der Waals surface area (Å²) in [6.07, 6.45) is 0. The van der Waals surface area contributed by atoms with E-state index in [1.54, 1.807) is 19.2 Å². The molecule has 22 heavy (non-hydrogen) atoms. The van der Waals surface area contributed by atoms with Gasteiger partial charge in [0.15, 0.2) is 0 Å². The Labute approximate surface area is 130 Å². The van der Waals surface area contributed by atoms with Crippen LogP contribution >= 0.6 is 0 Å². The van der Waals surface area contributed by atoms with Gasteiger partial charge in [-0.05, 0) is 48.4 Å². The second kappa shape index (κ2) is 7.47. The quantitative estimate of drug-likeness (QED) is 0.805. The zero-order valence-corrected chi connectivity index (χ0v) is 12.8. The van der Waals surface area contributed by atoms with E-state index in [0.29, 0.717) is 12.3 Å². The number of carbonyl (C=O) groups is 1. The molecule has 0 aliphatic rings. The lowest BCUT2D eigenvalue weighted by Crippen LogP contribution is -2.18. The molecule has 0 saturated heterocycles. The van der Waals surface area contributed by atoms with Crippen LogP contribution in [0.4, 0.5) is 11.4 Å². The van der Waals surface area contributed by atoms with E-state index in [2.05, 4.69) is 5.32 Å². The highest BCUT2D eigenvalue weighted by Crippen LogP contribution is 2.17. The average Bonchev–Trinajstić information content (AvgIpc) is 2.51. The van der Waals surface area contributed by atoms with Crippen molar-refractivity contribution in [2.24, 2.45) is 0 Å². The molecular weight excluding hydrogens is 280 g/mol. The SMILES string of the molecule is COc1ccc(COCC(=O)Nc2ccc(N)cc2C)cc1. The number of nitrogens with two attached hydrogens (primary N) is 1. The van der Waals surface area contributed by atoms with E-state index in [1.807, 2.05) is 37.3 Å². The van der Waals surface area contributed by atoms with Crippen LogP contribution in [0.5, 0.6) is 5.75 Å². The number of carbonyl (C=O) groups excluding carboxylic acids is 1. The van der Waals surface area contributed by atoms with Crippen molar-refractivity contribution in [3.8, 4) is 5.75 Å². The smallest absolute Gasteiger partial charge is 0.250 e. The van der Waals surface area contributed by atoms with Gasteiger partial charge in [-0.15, -0.1) is 0 Å². The number of benzene rings is 2. The van der Waals surface area contributed by atoms with Gasteiger partial charge in [-0.3, -0.25) is 4.79 Å². The summed E-state index contributed by atoms with van der Waals surface area (Å²) >= 11 is 0. The zero-order valence-electron chi connectivity index (χ0n) is 12.8. The van der Waals surface area contributed by atoms with Crippen LogP contribution in [0.3, 0.4) is 0 Å². The summed E-state index contributed by atoms with van der Waals surface area (Å²) in [4.78, 5) is 11.9. The van der Waals surface area contributed by atoms with Crippen LogP contribution < -0.4 is 15.8 Å². The maximum Gasteiger partial charge on any atom is 0.250 e. The molecule has 5 nitrogen and oxygen atoms in total. The van der Waals surface area contributed by atoms with Crippen molar-refractivity contribution in [2.75, 3.05) is 24.8 Å². The molecule has 0 aromatic heterocycles. The number of methoxy groups -OCH3 is 1. The highest BCUT2D eigenvalue weighted by Gasteiger charge is 2.05. The molecule has 1 amide bonds. The number of nitrogen functional groups attached to an aromatic ring is 1. The lowest BCUT2D eigenvalue weighted by molar-refractivity contribution is -0.121. The number of amides is 1. The Morgan fingerprint density at radius 1 is 1.18 bits per heavy atom. The second-order valence-electron chi connectivity index (χ2n) is 4.96. The maximum absolute atomic E-state index is 11.9. The van der Waals surface area contributed by atoms with E-state index in [1.165, 1.54) is 0 Å². The van der Waals surface area contributed by atoms with E-state index < -0.39 is 0 Å². The summed E-state index contributed by atoms with van der Waals surface area (Å²) in [6.45, 7) is 2.26. The standard InChI is InChI=1S/C17H20N2O3/c1-12-9-14(18)5-8-16(12)19-17(20)11-22-10-13-3-6-15(21-2)7-4-13/h3-9H,10-11,18H2,1-2H3,(H,19,20). The summed E-state index contributed by atoms with van der Waals surface area (Å²) < 4.78 is 10.5. The summed E-state index contributed by atoms with van der Waals surface area (Å²) in [5.74, 6) is 0.599. The number of nitrogens with one attached hydrogen (secondary N) is 1. The number of hydrogen-bond acceptors (Lipinski definition) is 4. The van der Waals surface area contributed by atoms with Gasteiger partial charge < -0.3 is 20.5 Å². The molecule has 0 aliphatic heterocycles. The molecule has 0 aliphatic carbocycles. The van der Waals surface area contributed by atoms with Crippen molar-refractivity contribution in [3.05, 3.63) is 53.6 Å². The number of hydrogen-bond donors (Lipinski definition) is 2. The molecule has 0 atom stereocenters. The third-order valence-electron chi connectivity index (χ3n) is 3.19. The van der Waals surface area contributed by atoms with Gasteiger partial charge in [0, 0.05) is 11.4 Å². The monoisotopic (exact) mass is 300 g/mol. The molecule has 2 aromatic carbocycles. The Morgan fingerprint density at radius 3 is 2.55 bits per heavy atom. The first kappa shape index (κ1) is 15.9. The van der Waals surface area contributed by atoms with Crippen LogP contribution in [-0.4, -0.2) is 19.6 Å². The molecule has 0 bridgehead atoms. The fourth-order valence-corrected chi connectivity index (χ4v) is 2.00. The molecule has 5 heteroatoms. The summed E-state index contributed by atoms with van der Waals surface area (Å²) in [7, 11) is 1.62. The van der Waals surface area contributed by atoms with Crippen LogP contribution in [0.2, 0.25) is 0 Å². The molecule has 0 radical (unpaired) electrons. The van der Waals surface area contributed by atoms with E-state index in [-0.39, 0.29) is 12.5 Å². The van der Waals surface area contributed by atoms with Gasteiger partial charge >= 0.3 is 0 Å². The Hall–Kier alpha value is -2.53. The van der Waals surface area contributed by atoms with Gasteiger partial charge in [-0.2, -0.15) is 0 Å². The van der Waals surface area contributed by atoms with Gasteiger partial charge in [0.1, 0.15) is 12.4 Å². The van der Waals surface area contributed by atoms with Crippen molar-refractivity contribution in [1.29, 1.82) is 0 Å². The van der Waals surface area contributed by atoms with Crippen LogP contribution in [0.1, 0.15) is 11.1 Å². The lowest BCUT2D eigenvalue weighted by atomic mass is 10.2. The van der Waals surface area contributed by atoms with E-state index in [9.17, 15) is 4.79 Å². The van der Waals surface area contributed by atoms with Gasteiger partial charge in [0.25, 0.3) is 0 Å². The first-order chi connectivity index (χ1) is 10.6. The van der Waals surface area contributed by atoms with Gasteiger partial charge in [-0.1, -0.05) is 12.1 Å². The highest BCUT2D eigenvalue weighted by atomic mass is 16.5. The molecule has 0 unspecified atom stereocenters. The largest absolute Gasteiger partial charge is 0.497 e. The third kappa shape index (κ3) is 4.49. The minimum atomic E-state index is -0.193. The molecule has 0 heterocycles. The predicted octanol–water partition coefficient (Wildman–Crippen LogP) is 2.74. The first-order valence-corrected chi connectivity index (χ1v) is 6.95. The number of anilines is 2. The van der Waals surface area contributed by atoms with E-state index in [4.69, 9.17) is 15.2 Å². The molecular formula is C17H20N2O3. The highest BCUT2D eigenvalue weighted by molar-refractivity contribution is 5.92. The van der Waals surface area contributed by atoms with Gasteiger partial charge in [-0.25, -0.2) is 0 Å². The Kier molecular flexibility index (Phi) is 5.38. The molecule has 2 aromatic rings. The third-order valence-corrected chi connectivity index (χ3v) is 3.19. The zero-order chi connectivity index (χ0) is 15.9. The number of rotatable bonds is 6. The second-order valence-corrected chi connectivity index (χ2v) is 4.96. The Balaban J connectivity index is 1.79. The minimum Gasteiger partial charge on any atom is -0.497 e. The van der Waals surface area contributed by atoms with Crippen molar-refractivity contribution in [1.82, 2.24) is 0 Å². The normalized spacial score (nSPS) is 10.3. The molecule has 2 rings (SSSR count). The fourth-order valence-electron chi connectivity index (χ4n) is 2.00. The van der Waals surface area contributed by atoms with E-state index >= 15 is 0 Å². The van der Waals surface area contributed by atoms with Gasteiger partial charge in [0.05, 0.1) is 13.7 Å². The van der Waals surface area contributed by atoms with Crippen molar-refractivity contribution in [3.63, 3.8) is 0 Å². The maximum atomic E-state index is 11.9. The van der Waals surface area contributed by atoms with Crippen LogP contribution in [0, 0.1) is 6.92 Å². The minimum absolute atomic E-state index is 0.00412. The summed E-state index contributed by atoms with van der Waals surface area (Å²) in [5.41, 5.74) is 9.00. The first-order valence-electron chi connectivity index (χ1n) is 6.95. The molecule has 0 spiro atoms. The van der Waals surface area contributed by atoms with Gasteiger partial charge in [0.2, 0.25) is 5.91 Å². The number of ether oxygens (including phenoxy) is 2. The van der Waals surface area contributed by atoms with E-state index in [0.717, 1.165) is 22.6 Å². The van der Waals surface area contributed by atoms with Crippen molar-refractivity contribution >= 4 is 17.3 Å². The molecule has 0 saturated carbocycles. The molecule has 116 valence electrons. The lowest BCUT2D eigenvalue weighted by Gasteiger charge is -2.09. The van der Waals surface area contributed by atoms with Crippen LogP contribution in [-0.2, 0) is 16.1 Å². The molecule has 0 fully saturated rings. The Bertz CT molecular complexity index is 639. The van der Waals surface area contributed by atoms with Crippen molar-refractivity contribution < 1.29 is 14.3 Å². The Morgan fingerprint density at radius 2 is 1.91 bits per heavy atom. The van der Waals surface area contributed by atoms with Crippen LogP contribution in [0.15, 0.2) is 42.5 Å². The number of aryl methyl sites for hydroxylation is 1. The van der Waals surface area contributed by atoms with Crippen LogP contribution in [0.25, 0.3) is 0 Å². The molecule has 3 N–H and O–H groups in total.